The number of nitrogens with two attached hydrogens (primary N) is 1. The van der Waals surface area contributed by atoms with Gasteiger partial charge in [0.15, 0.2) is 0 Å². The minimum absolute atomic E-state index is 0.130. The average molecular weight is 265 g/mol. The molecule has 0 aromatic heterocycles. The highest BCUT2D eigenvalue weighted by Crippen LogP contribution is 2.34. The molecule has 1 unspecified atom stereocenters. The lowest BCUT2D eigenvalue weighted by Crippen LogP contribution is -2.28. The molecule has 0 bridgehead atoms. The van der Waals surface area contributed by atoms with E-state index in [2.05, 4.69) is 36.1 Å². The summed E-state index contributed by atoms with van der Waals surface area (Å²) in [5.41, 5.74) is 10.0. The molecule has 0 spiro atoms. The second-order valence-electron chi connectivity index (χ2n) is 5.09. The van der Waals surface area contributed by atoms with Crippen molar-refractivity contribution in [3.05, 3.63) is 23.3 Å². The SMILES string of the molecule is CNc1cc2c(cc1P(C)CCN)CCN(C)C2. The number of likely N-dealkylation sites (N-methyl/N-ethyl adjacent to an activating group) is 1. The molecule has 4 heteroatoms. The summed E-state index contributed by atoms with van der Waals surface area (Å²) < 4.78 is 0. The molecule has 3 nitrogen and oxygen atoms in total. The minimum atomic E-state index is -0.130. The van der Waals surface area contributed by atoms with Crippen molar-refractivity contribution in [2.75, 3.05) is 45.3 Å². The number of rotatable bonds is 4. The summed E-state index contributed by atoms with van der Waals surface area (Å²) in [4.78, 5) is 2.39. The van der Waals surface area contributed by atoms with Gasteiger partial charge in [-0.25, -0.2) is 0 Å². The first-order valence-corrected chi connectivity index (χ1v) is 8.56. The maximum absolute atomic E-state index is 5.70. The maximum Gasteiger partial charge on any atom is 0.0419 e. The summed E-state index contributed by atoms with van der Waals surface area (Å²) in [5, 5.41) is 4.84. The lowest BCUT2D eigenvalue weighted by atomic mass is 9.99. The molecule has 100 valence electrons. The van der Waals surface area contributed by atoms with Crippen LogP contribution in [0.3, 0.4) is 0 Å². The predicted molar refractivity (Wildman–Crippen MR) is 82.4 cm³/mol. The van der Waals surface area contributed by atoms with Crippen molar-refractivity contribution in [3.8, 4) is 0 Å². The molecule has 1 aromatic rings. The van der Waals surface area contributed by atoms with Crippen molar-refractivity contribution < 1.29 is 0 Å². The zero-order chi connectivity index (χ0) is 13.1. The molecule has 0 aliphatic carbocycles. The van der Waals surface area contributed by atoms with Gasteiger partial charge in [-0.1, -0.05) is 7.92 Å². The number of nitrogens with zero attached hydrogens (tertiary/aromatic N) is 1. The first kappa shape index (κ1) is 13.8. The summed E-state index contributed by atoms with van der Waals surface area (Å²) in [6, 6.07) is 4.77. The monoisotopic (exact) mass is 265 g/mol. The summed E-state index contributed by atoms with van der Waals surface area (Å²) in [6.07, 6.45) is 2.29. The second-order valence-corrected chi connectivity index (χ2v) is 7.41. The van der Waals surface area contributed by atoms with Crippen molar-refractivity contribution in [3.63, 3.8) is 0 Å². The Morgan fingerprint density at radius 2 is 2.17 bits per heavy atom. The smallest absolute Gasteiger partial charge is 0.0419 e. The van der Waals surface area contributed by atoms with Crippen LogP contribution in [0.2, 0.25) is 0 Å². The summed E-state index contributed by atoms with van der Waals surface area (Å²) in [6.45, 7) is 5.36. The highest BCUT2D eigenvalue weighted by Gasteiger charge is 2.17. The van der Waals surface area contributed by atoms with E-state index in [1.54, 1.807) is 0 Å². The van der Waals surface area contributed by atoms with E-state index in [1.807, 2.05) is 7.05 Å². The van der Waals surface area contributed by atoms with Gasteiger partial charge >= 0.3 is 0 Å². The Morgan fingerprint density at radius 3 is 2.83 bits per heavy atom. The van der Waals surface area contributed by atoms with E-state index in [1.165, 1.54) is 35.1 Å². The lowest BCUT2D eigenvalue weighted by molar-refractivity contribution is 0.313. The van der Waals surface area contributed by atoms with Crippen molar-refractivity contribution in [2.45, 2.75) is 13.0 Å². The average Bonchev–Trinajstić information content (AvgIpc) is 2.37. The second kappa shape index (κ2) is 6.01. The van der Waals surface area contributed by atoms with Gasteiger partial charge in [0.25, 0.3) is 0 Å². The number of nitrogens with one attached hydrogen (secondary N) is 1. The number of hydrogen-bond acceptors (Lipinski definition) is 3. The Bertz CT molecular complexity index is 420. The number of anilines is 1. The quantitative estimate of drug-likeness (QED) is 0.809. The van der Waals surface area contributed by atoms with E-state index < -0.39 is 0 Å². The van der Waals surface area contributed by atoms with Crippen molar-refractivity contribution in [1.82, 2.24) is 4.90 Å². The molecule has 1 aromatic carbocycles. The van der Waals surface area contributed by atoms with Gasteiger partial charge in [0.05, 0.1) is 0 Å². The van der Waals surface area contributed by atoms with Crippen molar-refractivity contribution in [2.24, 2.45) is 5.73 Å². The van der Waals surface area contributed by atoms with Gasteiger partial charge in [0.2, 0.25) is 0 Å². The summed E-state index contributed by atoms with van der Waals surface area (Å²) in [7, 11) is 4.08. The van der Waals surface area contributed by atoms with Crippen molar-refractivity contribution in [1.29, 1.82) is 0 Å². The molecule has 0 fully saturated rings. The fraction of sp³-hybridized carbons (Fsp3) is 0.571. The Kier molecular flexibility index (Phi) is 4.60. The van der Waals surface area contributed by atoms with Crippen LogP contribution in [0, 0.1) is 0 Å². The van der Waals surface area contributed by atoms with Crippen LogP contribution < -0.4 is 16.4 Å². The summed E-state index contributed by atoms with van der Waals surface area (Å²) >= 11 is 0. The van der Waals surface area contributed by atoms with E-state index in [-0.39, 0.29) is 7.92 Å². The number of hydrogen-bond donors (Lipinski definition) is 2. The van der Waals surface area contributed by atoms with Gasteiger partial charge in [0, 0.05) is 25.8 Å². The first-order valence-electron chi connectivity index (χ1n) is 6.59. The van der Waals surface area contributed by atoms with Gasteiger partial charge in [-0.2, -0.15) is 0 Å². The van der Waals surface area contributed by atoms with E-state index in [0.717, 1.165) is 19.3 Å². The molecule has 0 saturated heterocycles. The van der Waals surface area contributed by atoms with E-state index in [4.69, 9.17) is 5.73 Å². The molecule has 3 N–H and O–H groups in total. The fourth-order valence-corrected chi connectivity index (χ4v) is 4.16. The fourth-order valence-electron chi connectivity index (χ4n) is 2.57. The molecule has 0 amide bonds. The Balaban J connectivity index is 2.35. The minimum Gasteiger partial charge on any atom is -0.388 e. The van der Waals surface area contributed by atoms with Gasteiger partial charge in [-0.3, -0.25) is 0 Å². The third-order valence-electron chi connectivity index (χ3n) is 3.67. The van der Waals surface area contributed by atoms with Gasteiger partial charge < -0.3 is 16.0 Å². The van der Waals surface area contributed by atoms with Crippen LogP contribution >= 0.6 is 7.92 Å². The van der Waals surface area contributed by atoms with Crippen molar-refractivity contribution >= 4 is 18.9 Å². The largest absolute Gasteiger partial charge is 0.388 e. The van der Waals surface area contributed by atoms with Crippen LogP contribution in [-0.4, -0.2) is 44.9 Å². The number of fused-ring (bicyclic) bond motifs is 1. The topological polar surface area (TPSA) is 41.3 Å². The standard InChI is InChI=1S/C14H24N3P/c1-16-13-8-12-10-17(2)6-4-11(12)9-14(13)18(3)7-5-15/h8-9,16H,4-7,10,15H2,1-3H3. The van der Waals surface area contributed by atoms with Gasteiger partial charge in [0.1, 0.15) is 0 Å². The number of benzene rings is 1. The maximum atomic E-state index is 5.70. The summed E-state index contributed by atoms with van der Waals surface area (Å²) in [5.74, 6) is 0. The van der Waals surface area contributed by atoms with Gasteiger partial charge in [-0.15, -0.1) is 0 Å². The molecule has 0 saturated carbocycles. The molecular weight excluding hydrogens is 241 g/mol. The van der Waals surface area contributed by atoms with E-state index in [9.17, 15) is 0 Å². The van der Waals surface area contributed by atoms with Crippen LogP contribution in [0.4, 0.5) is 5.69 Å². The van der Waals surface area contributed by atoms with Gasteiger partial charge in [-0.05, 0) is 61.4 Å². The molecule has 1 atom stereocenters. The van der Waals surface area contributed by atoms with Crippen LogP contribution in [0.5, 0.6) is 0 Å². The lowest BCUT2D eigenvalue weighted by Gasteiger charge is -2.27. The first-order chi connectivity index (χ1) is 8.65. The molecule has 1 aliphatic rings. The highest BCUT2D eigenvalue weighted by molar-refractivity contribution is 7.65. The Labute approximate surface area is 111 Å². The zero-order valence-corrected chi connectivity index (χ0v) is 12.6. The molecule has 2 rings (SSSR count). The molecule has 18 heavy (non-hydrogen) atoms. The molecule has 0 radical (unpaired) electrons. The molecule has 1 aliphatic heterocycles. The highest BCUT2D eigenvalue weighted by atomic mass is 31.1. The van der Waals surface area contributed by atoms with E-state index in [0.29, 0.717) is 0 Å². The third kappa shape index (κ3) is 2.85. The van der Waals surface area contributed by atoms with Crippen LogP contribution in [0.25, 0.3) is 0 Å². The molecular formula is C14H24N3P. The predicted octanol–water partition coefficient (Wildman–Crippen LogP) is 1.41. The Hall–Kier alpha value is -0.630. The normalized spacial score (nSPS) is 17.3. The molecule has 1 heterocycles. The van der Waals surface area contributed by atoms with Crippen LogP contribution in [0.15, 0.2) is 12.1 Å². The van der Waals surface area contributed by atoms with Crippen LogP contribution in [-0.2, 0) is 13.0 Å². The Morgan fingerprint density at radius 1 is 1.39 bits per heavy atom. The zero-order valence-electron chi connectivity index (χ0n) is 11.7. The van der Waals surface area contributed by atoms with E-state index >= 15 is 0 Å². The third-order valence-corrected chi connectivity index (χ3v) is 5.79. The van der Waals surface area contributed by atoms with Crippen LogP contribution in [0.1, 0.15) is 11.1 Å².